The zero-order chi connectivity index (χ0) is 17.1. The van der Waals surface area contributed by atoms with Gasteiger partial charge in [0.15, 0.2) is 0 Å². The number of hydrogen-bond donors (Lipinski definition) is 1. The number of aryl methyl sites for hydroxylation is 1. The van der Waals surface area contributed by atoms with E-state index < -0.39 is 6.03 Å². The second-order valence-corrected chi connectivity index (χ2v) is 5.75. The van der Waals surface area contributed by atoms with Crippen LogP contribution < -0.4 is 5.32 Å². The average molecular weight is 321 g/mol. The molecular weight excluding hydrogens is 302 g/mol. The molecule has 0 saturated heterocycles. The Hall–Kier alpha value is -2.95. The highest BCUT2D eigenvalue weighted by Gasteiger charge is 2.26. The van der Waals surface area contributed by atoms with E-state index >= 15 is 0 Å². The van der Waals surface area contributed by atoms with Crippen molar-refractivity contribution in [3.05, 3.63) is 65.2 Å². The quantitative estimate of drug-likeness (QED) is 0.922. The van der Waals surface area contributed by atoms with Crippen LogP contribution in [0.5, 0.6) is 0 Å². The summed E-state index contributed by atoms with van der Waals surface area (Å²) in [7, 11) is 1.70. The first-order valence-electron chi connectivity index (χ1n) is 7.91. The first-order valence-corrected chi connectivity index (χ1v) is 7.91. The summed E-state index contributed by atoms with van der Waals surface area (Å²) < 4.78 is 0. The number of anilines is 1. The van der Waals surface area contributed by atoms with Gasteiger partial charge in [0.1, 0.15) is 0 Å². The monoisotopic (exact) mass is 321 g/mol. The van der Waals surface area contributed by atoms with Crippen LogP contribution in [0.1, 0.15) is 28.4 Å². The molecule has 2 aromatic rings. The molecule has 0 bridgehead atoms. The van der Waals surface area contributed by atoms with Gasteiger partial charge >= 0.3 is 6.03 Å². The van der Waals surface area contributed by atoms with Crippen LogP contribution in [0.3, 0.4) is 0 Å². The van der Waals surface area contributed by atoms with E-state index in [4.69, 9.17) is 0 Å². The lowest BCUT2D eigenvalue weighted by Gasteiger charge is -2.25. The van der Waals surface area contributed by atoms with Crippen LogP contribution in [0.4, 0.5) is 10.5 Å². The molecule has 0 spiro atoms. The van der Waals surface area contributed by atoms with Crippen molar-refractivity contribution in [3.63, 3.8) is 0 Å². The van der Waals surface area contributed by atoms with Gasteiger partial charge in [0.2, 0.25) is 0 Å². The molecule has 24 heavy (non-hydrogen) atoms. The number of carbonyl (C=O) groups is 2. The van der Waals surface area contributed by atoms with Gasteiger partial charge in [-0.2, -0.15) is 4.99 Å². The highest BCUT2D eigenvalue weighted by atomic mass is 16.2. The lowest BCUT2D eigenvalue weighted by molar-refractivity contribution is 0.0808. The standard InChI is InChI=1S/C19H19N3O2/c1-3-13-7-6-8-14(11-13)20-19(24)21-17-12-22(2)18(23)16-10-5-4-9-15(16)17/h4-11H,3,12H2,1-2H3,(H,20,24). The minimum absolute atomic E-state index is 0.0550. The second-order valence-electron chi connectivity index (χ2n) is 5.75. The van der Waals surface area contributed by atoms with E-state index in [1.54, 1.807) is 18.0 Å². The fourth-order valence-corrected chi connectivity index (χ4v) is 2.75. The van der Waals surface area contributed by atoms with Gasteiger partial charge in [0, 0.05) is 23.9 Å². The van der Waals surface area contributed by atoms with E-state index in [2.05, 4.69) is 17.2 Å². The number of fused-ring (bicyclic) bond motifs is 1. The SMILES string of the molecule is CCc1cccc(NC(=O)N=C2CN(C)C(=O)c3ccccc32)c1. The van der Waals surface area contributed by atoms with Gasteiger partial charge in [0.25, 0.3) is 5.91 Å². The van der Waals surface area contributed by atoms with E-state index in [-0.39, 0.29) is 5.91 Å². The molecule has 3 amide bonds. The van der Waals surface area contributed by atoms with Crippen LogP contribution in [-0.2, 0) is 6.42 Å². The molecule has 0 atom stereocenters. The Morgan fingerprint density at radius 1 is 1.17 bits per heavy atom. The number of hydrogen-bond acceptors (Lipinski definition) is 2. The molecule has 0 saturated carbocycles. The summed E-state index contributed by atoms with van der Waals surface area (Å²) in [6, 6.07) is 14.5. The number of nitrogens with zero attached hydrogens (tertiary/aromatic N) is 2. The molecule has 1 aliphatic heterocycles. The molecule has 1 heterocycles. The van der Waals surface area contributed by atoms with Gasteiger partial charge in [-0.05, 0) is 30.2 Å². The van der Waals surface area contributed by atoms with Crippen LogP contribution in [0.15, 0.2) is 53.5 Å². The van der Waals surface area contributed by atoms with Gasteiger partial charge in [0.05, 0.1) is 12.3 Å². The first kappa shape index (κ1) is 15.9. The van der Waals surface area contributed by atoms with E-state index in [0.717, 1.165) is 23.2 Å². The zero-order valence-electron chi connectivity index (χ0n) is 13.7. The molecule has 5 heteroatoms. The maximum atomic E-state index is 12.3. The Bertz CT molecular complexity index is 827. The van der Waals surface area contributed by atoms with Crippen molar-refractivity contribution in [1.82, 2.24) is 4.90 Å². The third-order valence-corrected chi connectivity index (χ3v) is 4.03. The largest absolute Gasteiger partial charge is 0.345 e. The van der Waals surface area contributed by atoms with Crippen molar-refractivity contribution in [2.75, 3.05) is 18.9 Å². The molecule has 2 aromatic carbocycles. The minimum Gasteiger partial charge on any atom is -0.336 e. The maximum Gasteiger partial charge on any atom is 0.345 e. The molecule has 0 radical (unpaired) electrons. The maximum absolute atomic E-state index is 12.3. The highest BCUT2D eigenvalue weighted by Crippen LogP contribution is 2.19. The molecule has 5 nitrogen and oxygen atoms in total. The second kappa shape index (κ2) is 6.66. The first-order chi connectivity index (χ1) is 11.6. The van der Waals surface area contributed by atoms with Crippen molar-refractivity contribution in [1.29, 1.82) is 0 Å². The number of rotatable bonds is 2. The summed E-state index contributed by atoms with van der Waals surface area (Å²) in [5.41, 5.74) is 3.76. The zero-order valence-corrected chi connectivity index (χ0v) is 13.7. The molecule has 0 aliphatic carbocycles. The smallest absolute Gasteiger partial charge is 0.336 e. The van der Waals surface area contributed by atoms with Crippen molar-refractivity contribution in [2.24, 2.45) is 4.99 Å². The number of aliphatic imine (C=N–C) groups is 1. The lowest BCUT2D eigenvalue weighted by atomic mass is 9.98. The third-order valence-electron chi connectivity index (χ3n) is 4.03. The molecule has 1 aliphatic rings. The average Bonchev–Trinajstić information content (AvgIpc) is 2.59. The van der Waals surface area contributed by atoms with Crippen LogP contribution >= 0.6 is 0 Å². The summed E-state index contributed by atoms with van der Waals surface area (Å²) in [6.07, 6.45) is 0.901. The topological polar surface area (TPSA) is 61.8 Å². The van der Waals surface area contributed by atoms with Gasteiger partial charge in [-0.3, -0.25) is 4.79 Å². The minimum atomic E-state index is -0.434. The number of likely N-dealkylation sites (N-methyl/N-ethyl adjacent to an activating group) is 1. The number of nitrogens with one attached hydrogen (secondary N) is 1. The number of benzene rings is 2. The predicted molar refractivity (Wildman–Crippen MR) is 94.8 cm³/mol. The molecule has 0 aromatic heterocycles. The van der Waals surface area contributed by atoms with Crippen LogP contribution in [0.25, 0.3) is 0 Å². The van der Waals surface area contributed by atoms with Crippen molar-refractivity contribution in [2.45, 2.75) is 13.3 Å². The summed E-state index contributed by atoms with van der Waals surface area (Å²) in [5, 5.41) is 2.79. The Balaban J connectivity index is 1.86. The van der Waals surface area contributed by atoms with E-state index in [1.807, 2.05) is 42.5 Å². The van der Waals surface area contributed by atoms with Crippen molar-refractivity contribution < 1.29 is 9.59 Å². The summed E-state index contributed by atoms with van der Waals surface area (Å²) >= 11 is 0. The van der Waals surface area contributed by atoms with Gasteiger partial charge in [-0.15, -0.1) is 0 Å². The third kappa shape index (κ3) is 3.20. The summed E-state index contributed by atoms with van der Waals surface area (Å²) in [4.78, 5) is 30.2. The molecule has 0 unspecified atom stereocenters. The Morgan fingerprint density at radius 3 is 2.67 bits per heavy atom. The molecule has 122 valence electrons. The number of carbonyl (C=O) groups excluding carboxylic acids is 2. The van der Waals surface area contributed by atoms with Crippen LogP contribution in [0, 0.1) is 0 Å². The Kier molecular flexibility index (Phi) is 4.42. The van der Waals surface area contributed by atoms with Gasteiger partial charge in [-0.1, -0.05) is 37.3 Å². The Morgan fingerprint density at radius 2 is 1.92 bits per heavy atom. The van der Waals surface area contributed by atoms with Crippen molar-refractivity contribution >= 4 is 23.3 Å². The summed E-state index contributed by atoms with van der Waals surface area (Å²) in [5.74, 6) is -0.0550. The molecule has 3 rings (SSSR count). The fourth-order valence-electron chi connectivity index (χ4n) is 2.75. The van der Waals surface area contributed by atoms with Gasteiger partial charge in [-0.25, -0.2) is 4.79 Å². The van der Waals surface area contributed by atoms with Crippen molar-refractivity contribution in [3.8, 4) is 0 Å². The molecule has 0 fully saturated rings. The lowest BCUT2D eigenvalue weighted by Crippen LogP contribution is -2.39. The van der Waals surface area contributed by atoms with Gasteiger partial charge < -0.3 is 10.2 Å². The van der Waals surface area contributed by atoms with E-state index in [0.29, 0.717) is 17.8 Å². The van der Waals surface area contributed by atoms with Crippen LogP contribution in [-0.4, -0.2) is 36.1 Å². The number of urea groups is 1. The van der Waals surface area contributed by atoms with E-state index in [1.165, 1.54) is 0 Å². The summed E-state index contributed by atoms with van der Waals surface area (Å²) in [6.45, 7) is 2.38. The molecule has 1 N–H and O–H groups in total. The molecular formula is C19H19N3O2. The number of amides is 3. The fraction of sp³-hybridized carbons (Fsp3) is 0.211. The van der Waals surface area contributed by atoms with E-state index in [9.17, 15) is 9.59 Å². The highest BCUT2D eigenvalue weighted by molar-refractivity contribution is 6.18. The normalized spacial score (nSPS) is 15.3. The van der Waals surface area contributed by atoms with Crippen LogP contribution in [0.2, 0.25) is 0 Å². The predicted octanol–water partition coefficient (Wildman–Crippen LogP) is 3.36. The Labute approximate surface area is 141 Å².